The topological polar surface area (TPSA) is 46.6 Å². The maximum absolute atomic E-state index is 11.8. The highest BCUT2D eigenvalue weighted by atomic mass is 28.4. The lowest BCUT2D eigenvalue weighted by Gasteiger charge is -2.46. The van der Waals surface area contributed by atoms with Crippen molar-refractivity contribution in [3.05, 3.63) is 11.3 Å². The number of rotatable bonds is 3. The molecule has 18 heavy (non-hydrogen) atoms. The summed E-state index contributed by atoms with van der Waals surface area (Å²) in [5, 5.41) is 0. The van der Waals surface area contributed by atoms with E-state index in [-0.39, 0.29) is 18.0 Å². The summed E-state index contributed by atoms with van der Waals surface area (Å²) in [5.74, 6) is -0.641. The number of nitrogens with zero attached hydrogens (tertiary/aromatic N) is 1. The number of hydrogen-bond acceptors (Lipinski definition) is 4. The molecule has 6 heteroatoms. The van der Waals surface area contributed by atoms with E-state index in [1.54, 1.807) is 0 Å². The number of cyclic esters (lactones) is 1. The van der Waals surface area contributed by atoms with Gasteiger partial charge in [0, 0.05) is 5.70 Å². The molecular weight excluding hydrogens is 262 g/mol. The number of carbonyl (C=O) groups excluding carboxylic acids is 2. The number of ether oxygens (including phenoxy) is 1. The smallest absolute Gasteiger partial charge is 0.344 e. The van der Waals surface area contributed by atoms with Crippen molar-refractivity contribution in [2.45, 2.75) is 46.2 Å². The van der Waals surface area contributed by atoms with Crippen LogP contribution in [0, 0.1) is 0 Å². The Kier molecular flexibility index (Phi) is 3.93. The normalized spacial score (nSPS) is 19.9. The Balaban J connectivity index is 3.35. The molecule has 0 spiro atoms. The lowest BCUT2D eigenvalue weighted by Crippen LogP contribution is -2.58. The van der Waals surface area contributed by atoms with Crippen LogP contribution in [0.2, 0.25) is 39.3 Å². The van der Waals surface area contributed by atoms with Crippen molar-refractivity contribution in [1.29, 1.82) is 0 Å². The molecule has 102 valence electrons. The van der Waals surface area contributed by atoms with E-state index in [9.17, 15) is 9.59 Å². The molecule has 0 aliphatic carbocycles. The molecule has 0 aromatic rings. The first-order chi connectivity index (χ1) is 7.96. The fraction of sp³-hybridized carbons (Fsp3) is 0.667. The number of Topliss-reactive ketones (excluding diaryl/α,β-unsaturated/α-hetero) is 1. The number of esters is 1. The number of ketones is 1. The van der Waals surface area contributed by atoms with E-state index in [1.807, 2.05) is 6.92 Å². The van der Waals surface area contributed by atoms with E-state index in [1.165, 1.54) is 0 Å². The first-order valence-corrected chi connectivity index (χ1v) is 13.1. The Morgan fingerprint density at radius 2 is 1.50 bits per heavy atom. The predicted octanol–water partition coefficient (Wildman–Crippen LogP) is 2.36. The maximum Gasteiger partial charge on any atom is 0.344 e. The van der Waals surface area contributed by atoms with Gasteiger partial charge < -0.3 is 8.97 Å². The van der Waals surface area contributed by atoms with Gasteiger partial charge in [0.05, 0.1) is 0 Å². The Morgan fingerprint density at radius 1 is 1.06 bits per heavy atom. The van der Waals surface area contributed by atoms with Gasteiger partial charge in [0.2, 0.25) is 5.78 Å². The highest BCUT2D eigenvalue weighted by Gasteiger charge is 2.39. The molecule has 4 nitrogen and oxygen atoms in total. The molecule has 0 radical (unpaired) electrons. The molecule has 1 aliphatic heterocycles. The van der Waals surface area contributed by atoms with Gasteiger partial charge in [0.15, 0.2) is 6.61 Å². The summed E-state index contributed by atoms with van der Waals surface area (Å²) in [6.45, 7) is 15.2. The molecule has 0 bridgehead atoms. The van der Waals surface area contributed by atoms with Crippen LogP contribution in [0.4, 0.5) is 0 Å². The largest absolute Gasteiger partial charge is 0.454 e. The van der Waals surface area contributed by atoms with E-state index >= 15 is 0 Å². The van der Waals surface area contributed by atoms with Gasteiger partial charge in [-0.15, -0.1) is 0 Å². The van der Waals surface area contributed by atoms with E-state index < -0.39 is 22.4 Å². The summed E-state index contributed by atoms with van der Waals surface area (Å²) >= 11 is 0. The zero-order valence-corrected chi connectivity index (χ0v) is 14.4. The molecule has 0 unspecified atom stereocenters. The van der Waals surface area contributed by atoms with E-state index in [0.717, 1.165) is 5.70 Å². The molecule has 0 saturated carbocycles. The van der Waals surface area contributed by atoms with Crippen molar-refractivity contribution in [2.75, 3.05) is 6.61 Å². The fourth-order valence-corrected chi connectivity index (χ4v) is 13.1. The van der Waals surface area contributed by atoms with Crippen LogP contribution in [-0.4, -0.2) is 39.1 Å². The van der Waals surface area contributed by atoms with E-state index in [4.69, 9.17) is 4.74 Å². The molecule has 1 rings (SSSR count). The van der Waals surface area contributed by atoms with Gasteiger partial charge in [-0.25, -0.2) is 4.79 Å². The van der Waals surface area contributed by atoms with Gasteiger partial charge in [0.25, 0.3) is 0 Å². The molecule has 1 fully saturated rings. The average molecular weight is 285 g/mol. The Labute approximate surface area is 111 Å². The lowest BCUT2D eigenvalue weighted by molar-refractivity contribution is -0.135. The van der Waals surface area contributed by atoms with Crippen molar-refractivity contribution in [3.63, 3.8) is 0 Å². The molecule has 0 aromatic heterocycles. The van der Waals surface area contributed by atoms with Gasteiger partial charge in [-0.05, 0) is 6.92 Å². The minimum atomic E-state index is -1.63. The number of hydrogen-bond donors (Lipinski definition) is 0. The lowest BCUT2D eigenvalue weighted by atomic mass is 10.2. The third-order valence-electron chi connectivity index (χ3n) is 2.86. The average Bonchev–Trinajstić information content (AvgIpc) is 2.40. The number of carbonyl (C=O) groups is 2. The van der Waals surface area contributed by atoms with Crippen LogP contribution in [0.25, 0.3) is 0 Å². The fourth-order valence-electron chi connectivity index (χ4n) is 2.86. The summed E-state index contributed by atoms with van der Waals surface area (Å²) in [7, 11) is -3.27. The Bertz CT molecular complexity index is 384. The zero-order chi connectivity index (χ0) is 14.3. The molecule has 0 amide bonds. The highest BCUT2D eigenvalue weighted by Crippen LogP contribution is 2.28. The monoisotopic (exact) mass is 285 g/mol. The van der Waals surface area contributed by atoms with Gasteiger partial charge in [-0.3, -0.25) is 4.79 Å². The van der Waals surface area contributed by atoms with Gasteiger partial charge in [-0.2, -0.15) is 0 Å². The van der Waals surface area contributed by atoms with Crippen molar-refractivity contribution < 1.29 is 14.3 Å². The molecule has 0 N–H and O–H groups in total. The molecule has 1 heterocycles. The predicted molar refractivity (Wildman–Crippen MR) is 77.2 cm³/mol. The summed E-state index contributed by atoms with van der Waals surface area (Å²) in [5.41, 5.74) is 1.08. The van der Waals surface area contributed by atoms with Crippen LogP contribution in [0.3, 0.4) is 0 Å². The summed E-state index contributed by atoms with van der Waals surface area (Å²) in [6, 6.07) is 0. The van der Waals surface area contributed by atoms with Crippen LogP contribution >= 0.6 is 0 Å². The molecule has 1 aliphatic rings. The third kappa shape index (κ3) is 2.92. The van der Waals surface area contributed by atoms with Crippen molar-refractivity contribution in [2.24, 2.45) is 0 Å². The van der Waals surface area contributed by atoms with E-state index in [2.05, 4.69) is 43.5 Å². The Hall–Kier alpha value is -0.886. The maximum atomic E-state index is 11.8. The molecular formula is C12H23NO3Si2. The van der Waals surface area contributed by atoms with Crippen LogP contribution in [0.1, 0.15) is 6.92 Å². The third-order valence-corrected chi connectivity index (χ3v) is 10.2. The zero-order valence-electron chi connectivity index (χ0n) is 12.4. The second-order valence-corrected chi connectivity index (χ2v) is 16.7. The minimum absolute atomic E-state index is 0.100. The number of allylic oxidation sites excluding steroid dienone is 1. The van der Waals surface area contributed by atoms with Gasteiger partial charge in [-0.1, -0.05) is 39.3 Å². The van der Waals surface area contributed by atoms with Crippen LogP contribution in [0.5, 0.6) is 0 Å². The van der Waals surface area contributed by atoms with Crippen LogP contribution in [0.15, 0.2) is 11.3 Å². The molecule has 0 aromatic carbocycles. The SMILES string of the molecule is CC(=C1C(=O)COC1=O)N([Si](C)(C)C)[Si](C)(C)C. The van der Waals surface area contributed by atoms with Crippen molar-refractivity contribution >= 4 is 28.2 Å². The Morgan fingerprint density at radius 3 is 1.78 bits per heavy atom. The van der Waals surface area contributed by atoms with Crippen molar-refractivity contribution in [1.82, 2.24) is 4.23 Å². The first-order valence-electron chi connectivity index (χ1n) is 6.18. The van der Waals surface area contributed by atoms with Crippen LogP contribution in [-0.2, 0) is 14.3 Å². The highest BCUT2D eigenvalue weighted by molar-refractivity contribution is 6.90. The summed E-state index contributed by atoms with van der Waals surface area (Å²) in [4.78, 5) is 23.5. The minimum Gasteiger partial charge on any atom is -0.454 e. The van der Waals surface area contributed by atoms with Crippen LogP contribution < -0.4 is 0 Å². The van der Waals surface area contributed by atoms with Gasteiger partial charge in [0.1, 0.15) is 22.0 Å². The van der Waals surface area contributed by atoms with Gasteiger partial charge >= 0.3 is 5.97 Å². The summed E-state index contributed by atoms with van der Waals surface area (Å²) in [6.07, 6.45) is 0. The van der Waals surface area contributed by atoms with E-state index in [0.29, 0.717) is 0 Å². The first kappa shape index (κ1) is 15.2. The quantitative estimate of drug-likeness (QED) is 0.346. The molecule has 1 saturated heterocycles. The second kappa shape index (κ2) is 4.66. The summed E-state index contributed by atoms with van der Waals surface area (Å²) < 4.78 is 7.21. The second-order valence-electron chi connectivity index (χ2n) is 6.64. The molecule has 0 atom stereocenters. The standard InChI is InChI=1S/C12H23NO3Si2/c1-9(11-10(14)8-16-12(11)15)13(17(2,3)4)18(5,6)7/h8H2,1-7H3. The van der Waals surface area contributed by atoms with Crippen molar-refractivity contribution in [3.8, 4) is 0 Å².